The number of hydrogen-bond donors (Lipinski definition) is 1. The summed E-state index contributed by atoms with van der Waals surface area (Å²) in [6.07, 6.45) is 3.44. The van der Waals surface area contributed by atoms with Crippen LogP contribution < -0.4 is 5.32 Å². The van der Waals surface area contributed by atoms with Crippen LogP contribution in [-0.4, -0.2) is 23.9 Å². The van der Waals surface area contributed by atoms with Gasteiger partial charge in [-0.1, -0.05) is 30.7 Å². The Morgan fingerprint density at radius 3 is 2.55 bits per heavy atom. The molecule has 0 aliphatic carbocycles. The minimum Gasteiger partial charge on any atom is -0.313 e. The smallest absolute Gasteiger partial charge is 0.266 e. The summed E-state index contributed by atoms with van der Waals surface area (Å²) in [6.45, 7) is 6.02. The van der Waals surface area contributed by atoms with E-state index in [-0.39, 0.29) is 17.8 Å². The first kappa shape index (κ1) is 20.3. The maximum absolute atomic E-state index is 14.9. The van der Waals surface area contributed by atoms with Gasteiger partial charge in [0, 0.05) is 16.0 Å². The minimum absolute atomic E-state index is 0.103. The lowest BCUT2D eigenvalue weighted by Crippen LogP contribution is -2.35. The molecule has 0 unspecified atom stereocenters. The number of anilines is 1. The van der Waals surface area contributed by atoms with Crippen molar-refractivity contribution < 1.29 is 9.18 Å². The number of benzene rings is 1. The highest BCUT2D eigenvalue weighted by atomic mass is 32.1. The third-order valence-corrected chi connectivity index (χ3v) is 7.64. The number of amides is 1. The molecule has 29 heavy (non-hydrogen) atoms. The number of piperidine rings is 1. The molecule has 4 rings (SSSR count). The molecule has 1 aromatic carbocycles. The van der Waals surface area contributed by atoms with Gasteiger partial charge in [0.1, 0.15) is 10.8 Å². The van der Waals surface area contributed by atoms with Crippen LogP contribution in [0, 0.1) is 19.7 Å². The molecule has 1 fully saturated rings. The fraction of sp³-hybridized carbons (Fsp3) is 0.348. The summed E-state index contributed by atoms with van der Waals surface area (Å²) in [4.78, 5) is 17.0. The summed E-state index contributed by atoms with van der Waals surface area (Å²) >= 11 is 3.01. The quantitative estimate of drug-likeness (QED) is 0.510. The zero-order valence-corrected chi connectivity index (χ0v) is 18.3. The number of carbonyl (C=O) groups is 1. The Balaban J connectivity index is 1.79. The van der Waals surface area contributed by atoms with E-state index < -0.39 is 0 Å². The molecular weight excluding hydrogens is 403 g/mol. The van der Waals surface area contributed by atoms with Gasteiger partial charge in [-0.3, -0.25) is 9.69 Å². The molecule has 1 N–H and O–H groups in total. The first-order valence-corrected chi connectivity index (χ1v) is 11.7. The molecule has 3 aromatic rings. The highest BCUT2D eigenvalue weighted by Crippen LogP contribution is 2.43. The molecule has 1 saturated heterocycles. The lowest BCUT2D eigenvalue weighted by atomic mass is 9.93. The number of likely N-dealkylation sites (tertiary alicyclic amines) is 1. The summed E-state index contributed by atoms with van der Waals surface area (Å²) in [7, 11) is 0. The lowest BCUT2D eigenvalue weighted by molar-refractivity contribution is 0.103. The number of carbonyl (C=O) groups excluding carboxylic acids is 1. The second-order valence-electron chi connectivity index (χ2n) is 7.48. The van der Waals surface area contributed by atoms with Crippen molar-refractivity contribution in [2.75, 3.05) is 18.4 Å². The zero-order chi connectivity index (χ0) is 20.4. The number of hydrogen-bond acceptors (Lipinski definition) is 4. The van der Waals surface area contributed by atoms with Crippen LogP contribution in [0.25, 0.3) is 0 Å². The Labute approximate surface area is 179 Å². The fourth-order valence-corrected chi connectivity index (χ4v) is 5.75. The van der Waals surface area contributed by atoms with E-state index in [9.17, 15) is 9.18 Å². The van der Waals surface area contributed by atoms with Crippen LogP contribution in [0.1, 0.15) is 56.5 Å². The summed E-state index contributed by atoms with van der Waals surface area (Å²) < 4.78 is 14.9. The molecule has 0 radical (unpaired) electrons. The molecular formula is C23H25FN2OS2. The zero-order valence-electron chi connectivity index (χ0n) is 16.7. The molecule has 0 saturated carbocycles. The van der Waals surface area contributed by atoms with Crippen molar-refractivity contribution in [3.05, 3.63) is 74.0 Å². The van der Waals surface area contributed by atoms with Gasteiger partial charge in [0.05, 0.1) is 10.9 Å². The monoisotopic (exact) mass is 428 g/mol. The van der Waals surface area contributed by atoms with Gasteiger partial charge in [-0.05, 0) is 62.9 Å². The van der Waals surface area contributed by atoms with E-state index in [4.69, 9.17) is 0 Å². The molecule has 3 nitrogen and oxygen atoms in total. The first-order valence-electron chi connectivity index (χ1n) is 9.99. The van der Waals surface area contributed by atoms with Gasteiger partial charge >= 0.3 is 0 Å². The van der Waals surface area contributed by atoms with Gasteiger partial charge in [0.25, 0.3) is 5.91 Å². The van der Waals surface area contributed by atoms with Crippen molar-refractivity contribution in [2.45, 2.75) is 39.2 Å². The van der Waals surface area contributed by atoms with Gasteiger partial charge in [0.15, 0.2) is 0 Å². The van der Waals surface area contributed by atoms with Crippen LogP contribution >= 0.6 is 22.7 Å². The van der Waals surface area contributed by atoms with Crippen LogP contribution in [0.4, 0.5) is 9.39 Å². The number of aryl methyl sites for hydroxylation is 1. The molecule has 0 bridgehead atoms. The van der Waals surface area contributed by atoms with Crippen molar-refractivity contribution in [3.63, 3.8) is 0 Å². The van der Waals surface area contributed by atoms with Crippen LogP contribution in [0.2, 0.25) is 0 Å². The molecule has 152 valence electrons. The normalized spacial score (nSPS) is 16.0. The van der Waals surface area contributed by atoms with Crippen molar-refractivity contribution in [1.29, 1.82) is 0 Å². The molecule has 3 heterocycles. The number of nitrogens with one attached hydrogen (secondary N) is 1. The number of nitrogens with zero attached hydrogens (tertiary/aromatic N) is 1. The highest BCUT2D eigenvalue weighted by Gasteiger charge is 2.31. The van der Waals surface area contributed by atoms with Crippen LogP contribution in [0.5, 0.6) is 0 Å². The molecule has 6 heteroatoms. The SMILES string of the molecule is Cc1sc(NC(=O)c2cccs2)c([C@@H](c2ccccc2F)N2CCCCC2)c1C. The second-order valence-corrected chi connectivity index (χ2v) is 9.65. The fourth-order valence-electron chi connectivity index (χ4n) is 4.05. The second kappa shape index (κ2) is 8.78. The van der Waals surface area contributed by atoms with Gasteiger partial charge in [-0.15, -0.1) is 22.7 Å². The number of halogens is 1. The predicted octanol–water partition coefficient (Wildman–Crippen LogP) is 6.39. The Kier molecular flexibility index (Phi) is 6.13. The molecule has 1 atom stereocenters. The van der Waals surface area contributed by atoms with E-state index >= 15 is 0 Å². The first-order chi connectivity index (χ1) is 14.1. The summed E-state index contributed by atoms with van der Waals surface area (Å²) in [5, 5.41) is 5.85. The van der Waals surface area contributed by atoms with Gasteiger partial charge in [-0.25, -0.2) is 4.39 Å². The van der Waals surface area contributed by atoms with E-state index in [0.29, 0.717) is 10.4 Å². The predicted molar refractivity (Wildman–Crippen MR) is 120 cm³/mol. The van der Waals surface area contributed by atoms with E-state index in [1.54, 1.807) is 17.4 Å². The average molecular weight is 429 g/mol. The van der Waals surface area contributed by atoms with E-state index in [1.807, 2.05) is 29.6 Å². The summed E-state index contributed by atoms with van der Waals surface area (Å²) in [5.41, 5.74) is 2.85. The van der Waals surface area contributed by atoms with Gasteiger partial charge < -0.3 is 5.32 Å². The molecule has 1 aliphatic rings. The third-order valence-electron chi connectivity index (χ3n) is 5.63. The Hall–Kier alpha value is -2.02. The van der Waals surface area contributed by atoms with E-state index in [2.05, 4.69) is 24.1 Å². The standard InChI is InChI=1S/C23H25FN2OS2/c1-15-16(2)29-23(25-22(27)19-11-8-14-28-19)20(15)21(26-12-6-3-7-13-26)17-9-4-5-10-18(17)24/h4-5,8-11,14,21H,3,6-7,12-13H2,1-2H3,(H,25,27)/t21-/m1/s1. The summed E-state index contributed by atoms with van der Waals surface area (Å²) in [6, 6.07) is 10.6. The Bertz CT molecular complexity index is 990. The van der Waals surface area contributed by atoms with Gasteiger partial charge in [0.2, 0.25) is 0 Å². The maximum atomic E-state index is 14.9. The van der Waals surface area contributed by atoms with Crippen LogP contribution in [0.3, 0.4) is 0 Å². The van der Waals surface area contributed by atoms with E-state index in [1.165, 1.54) is 23.8 Å². The molecule has 0 spiro atoms. The minimum atomic E-state index is -0.194. The topological polar surface area (TPSA) is 32.3 Å². The van der Waals surface area contributed by atoms with Crippen molar-refractivity contribution in [2.24, 2.45) is 0 Å². The van der Waals surface area contributed by atoms with Crippen molar-refractivity contribution in [3.8, 4) is 0 Å². The number of thiophene rings is 2. The Morgan fingerprint density at radius 2 is 1.86 bits per heavy atom. The van der Waals surface area contributed by atoms with Crippen molar-refractivity contribution in [1.82, 2.24) is 4.90 Å². The maximum Gasteiger partial charge on any atom is 0.266 e. The lowest BCUT2D eigenvalue weighted by Gasteiger charge is -2.36. The summed E-state index contributed by atoms with van der Waals surface area (Å²) in [5.74, 6) is -0.296. The number of rotatable bonds is 5. The van der Waals surface area contributed by atoms with Crippen LogP contribution in [0.15, 0.2) is 41.8 Å². The van der Waals surface area contributed by atoms with Crippen molar-refractivity contribution >= 4 is 33.6 Å². The van der Waals surface area contributed by atoms with Crippen LogP contribution in [-0.2, 0) is 0 Å². The largest absolute Gasteiger partial charge is 0.313 e. The average Bonchev–Trinajstić information content (AvgIpc) is 3.35. The highest BCUT2D eigenvalue weighted by molar-refractivity contribution is 7.17. The van der Waals surface area contributed by atoms with E-state index in [0.717, 1.165) is 46.9 Å². The molecule has 1 amide bonds. The molecule has 1 aliphatic heterocycles. The molecule has 2 aromatic heterocycles. The Morgan fingerprint density at radius 1 is 1.10 bits per heavy atom. The third kappa shape index (κ3) is 4.15. The van der Waals surface area contributed by atoms with Gasteiger partial charge in [-0.2, -0.15) is 0 Å².